The maximum atomic E-state index is 5.92. The average molecular weight is 291 g/mol. The van der Waals surface area contributed by atoms with Gasteiger partial charge in [0.1, 0.15) is 11.5 Å². The van der Waals surface area contributed by atoms with Crippen molar-refractivity contribution in [2.24, 2.45) is 0 Å². The Morgan fingerprint density at radius 3 is 2.65 bits per heavy atom. The van der Waals surface area contributed by atoms with E-state index in [0.29, 0.717) is 10.8 Å². The quantitative estimate of drug-likeness (QED) is 0.905. The Labute approximate surface area is 124 Å². The zero-order valence-corrected chi connectivity index (χ0v) is 12.7. The summed E-state index contributed by atoms with van der Waals surface area (Å²) < 4.78 is 5.87. The van der Waals surface area contributed by atoms with Crippen LogP contribution < -0.4 is 10.1 Å². The van der Waals surface area contributed by atoms with Crippen LogP contribution in [0.5, 0.6) is 11.5 Å². The maximum Gasteiger partial charge on any atom is 0.147 e. The highest BCUT2D eigenvalue weighted by atomic mass is 35.5. The minimum absolute atomic E-state index is 0.0602. The van der Waals surface area contributed by atoms with Crippen molar-refractivity contribution >= 4 is 11.6 Å². The lowest BCUT2D eigenvalue weighted by Gasteiger charge is -2.21. The lowest BCUT2D eigenvalue weighted by molar-refractivity contribution is 0.414. The summed E-state index contributed by atoms with van der Waals surface area (Å²) in [7, 11) is 0. The molecule has 0 bridgehead atoms. The van der Waals surface area contributed by atoms with Crippen molar-refractivity contribution in [3.8, 4) is 11.5 Å². The van der Waals surface area contributed by atoms with E-state index in [9.17, 15) is 0 Å². The zero-order chi connectivity index (χ0) is 14.6. The van der Waals surface area contributed by atoms with Gasteiger partial charge in [0.2, 0.25) is 0 Å². The molecule has 0 aliphatic rings. The minimum atomic E-state index is 0.0602. The van der Waals surface area contributed by atoms with Crippen LogP contribution in [0.4, 0.5) is 0 Å². The molecule has 0 atom stereocenters. The van der Waals surface area contributed by atoms with Crippen molar-refractivity contribution < 1.29 is 4.74 Å². The molecular weight excluding hydrogens is 272 g/mol. The van der Waals surface area contributed by atoms with Gasteiger partial charge in [0.15, 0.2) is 0 Å². The SMILES string of the molecule is CC(C)(C)NCc1ccccc1Oc1cncc(Cl)c1. The van der Waals surface area contributed by atoms with Gasteiger partial charge in [-0.05, 0) is 26.8 Å². The van der Waals surface area contributed by atoms with Crippen LogP contribution in [-0.4, -0.2) is 10.5 Å². The fourth-order valence-corrected chi connectivity index (χ4v) is 1.85. The van der Waals surface area contributed by atoms with Crippen LogP contribution in [0.3, 0.4) is 0 Å². The third-order valence-electron chi connectivity index (χ3n) is 2.69. The summed E-state index contributed by atoms with van der Waals surface area (Å²) in [6, 6.07) is 9.70. The van der Waals surface area contributed by atoms with Gasteiger partial charge in [0.25, 0.3) is 0 Å². The van der Waals surface area contributed by atoms with Gasteiger partial charge >= 0.3 is 0 Å². The fourth-order valence-electron chi connectivity index (χ4n) is 1.68. The predicted octanol–water partition coefficient (Wildman–Crippen LogP) is 4.42. The number of pyridine rings is 1. The summed E-state index contributed by atoms with van der Waals surface area (Å²) in [4.78, 5) is 4.02. The van der Waals surface area contributed by atoms with E-state index in [-0.39, 0.29) is 5.54 Å². The van der Waals surface area contributed by atoms with Crippen molar-refractivity contribution in [1.82, 2.24) is 10.3 Å². The van der Waals surface area contributed by atoms with Gasteiger partial charge in [0, 0.05) is 29.9 Å². The highest BCUT2D eigenvalue weighted by molar-refractivity contribution is 6.30. The number of hydrogen-bond donors (Lipinski definition) is 1. The monoisotopic (exact) mass is 290 g/mol. The molecule has 0 saturated heterocycles. The number of rotatable bonds is 4. The van der Waals surface area contributed by atoms with E-state index in [4.69, 9.17) is 16.3 Å². The second-order valence-corrected chi connectivity index (χ2v) is 6.09. The molecular formula is C16H19ClN2O. The zero-order valence-electron chi connectivity index (χ0n) is 12.0. The standard InChI is InChI=1S/C16H19ClN2O/c1-16(2,3)19-9-12-6-4-5-7-15(12)20-14-8-13(17)10-18-11-14/h4-8,10-11,19H,9H2,1-3H3. The van der Waals surface area contributed by atoms with Crippen LogP contribution in [0.15, 0.2) is 42.7 Å². The lowest BCUT2D eigenvalue weighted by atomic mass is 10.1. The van der Waals surface area contributed by atoms with Crippen LogP contribution >= 0.6 is 11.6 Å². The van der Waals surface area contributed by atoms with Gasteiger partial charge < -0.3 is 10.1 Å². The predicted molar refractivity (Wildman–Crippen MR) is 82.4 cm³/mol. The third-order valence-corrected chi connectivity index (χ3v) is 2.90. The first-order chi connectivity index (χ1) is 9.44. The number of hydrogen-bond acceptors (Lipinski definition) is 3. The number of para-hydroxylation sites is 1. The van der Waals surface area contributed by atoms with Gasteiger partial charge in [0.05, 0.1) is 11.2 Å². The fraction of sp³-hybridized carbons (Fsp3) is 0.312. The Bertz CT molecular complexity index is 579. The molecule has 106 valence electrons. The molecule has 3 nitrogen and oxygen atoms in total. The Morgan fingerprint density at radius 2 is 1.95 bits per heavy atom. The van der Waals surface area contributed by atoms with Gasteiger partial charge in [-0.2, -0.15) is 0 Å². The molecule has 0 aliphatic heterocycles. The molecule has 2 aromatic rings. The Balaban J connectivity index is 2.15. The van der Waals surface area contributed by atoms with E-state index in [1.165, 1.54) is 0 Å². The van der Waals surface area contributed by atoms with Crippen LogP contribution in [-0.2, 0) is 6.54 Å². The molecule has 1 aromatic heterocycles. The van der Waals surface area contributed by atoms with E-state index in [0.717, 1.165) is 17.9 Å². The summed E-state index contributed by atoms with van der Waals surface area (Å²) >= 11 is 5.92. The van der Waals surface area contributed by atoms with Gasteiger partial charge in [-0.15, -0.1) is 0 Å². The Morgan fingerprint density at radius 1 is 1.20 bits per heavy atom. The first kappa shape index (κ1) is 14.8. The van der Waals surface area contributed by atoms with E-state index in [1.54, 1.807) is 18.5 Å². The average Bonchev–Trinajstić information content (AvgIpc) is 2.37. The normalized spacial score (nSPS) is 11.4. The largest absolute Gasteiger partial charge is 0.455 e. The molecule has 0 spiro atoms. The second kappa shape index (κ2) is 6.25. The Kier molecular flexibility index (Phi) is 4.63. The number of aromatic nitrogens is 1. The van der Waals surface area contributed by atoms with Crippen molar-refractivity contribution in [2.45, 2.75) is 32.9 Å². The van der Waals surface area contributed by atoms with E-state index in [2.05, 4.69) is 31.1 Å². The van der Waals surface area contributed by atoms with Crippen molar-refractivity contribution in [3.05, 3.63) is 53.3 Å². The smallest absolute Gasteiger partial charge is 0.147 e. The summed E-state index contributed by atoms with van der Waals surface area (Å²) in [5.41, 5.74) is 1.16. The first-order valence-electron chi connectivity index (χ1n) is 6.55. The van der Waals surface area contributed by atoms with Crippen molar-refractivity contribution in [1.29, 1.82) is 0 Å². The first-order valence-corrected chi connectivity index (χ1v) is 6.93. The third kappa shape index (κ3) is 4.51. The van der Waals surface area contributed by atoms with Crippen molar-refractivity contribution in [3.63, 3.8) is 0 Å². The molecule has 0 fully saturated rings. The van der Waals surface area contributed by atoms with Gasteiger partial charge in [-0.1, -0.05) is 29.8 Å². The highest BCUT2D eigenvalue weighted by Gasteiger charge is 2.11. The number of nitrogens with one attached hydrogen (secondary N) is 1. The van der Waals surface area contributed by atoms with E-state index >= 15 is 0 Å². The van der Waals surface area contributed by atoms with E-state index < -0.39 is 0 Å². The number of nitrogens with zero attached hydrogens (tertiary/aromatic N) is 1. The molecule has 2 rings (SSSR count). The van der Waals surface area contributed by atoms with Gasteiger partial charge in [-0.3, -0.25) is 4.98 Å². The lowest BCUT2D eigenvalue weighted by Crippen LogP contribution is -2.35. The molecule has 1 N–H and O–H groups in total. The minimum Gasteiger partial charge on any atom is -0.455 e. The maximum absolute atomic E-state index is 5.92. The van der Waals surface area contributed by atoms with Crippen LogP contribution in [0.2, 0.25) is 5.02 Å². The van der Waals surface area contributed by atoms with Crippen LogP contribution in [0.25, 0.3) is 0 Å². The molecule has 0 radical (unpaired) electrons. The summed E-state index contributed by atoms with van der Waals surface area (Å²) in [5.74, 6) is 1.45. The van der Waals surface area contributed by atoms with Crippen LogP contribution in [0, 0.1) is 0 Å². The number of ether oxygens (including phenoxy) is 1. The highest BCUT2D eigenvalue weighted by Crippen LogP contribution is 2.26. The van der Waals surface area contributed by atoms with E-state index in [1.807, 2.05) is 24.3 Å². The molecule has 1 aromatic carbocycles. The molecule has 0 amide bonds. The molecule has 0 aliphatic carbocycles. The molecule has 1 heterocycles. The summed E-state index contributed by atoms with van der Waals surface area (Å²) in [6.45, 7) is 7.15. The Hall–Kier alpha value is -1.58. The summed E-state index contributed by atoms with van der Waals surface area (Å²) in [5, 5.41) is 4.02. The molecule has 0 saturated carbocycles. The topological polar surface area (TPSA) is 34.1 Å². The molecule has 0 unspecified atom stereocenters. The van der Waals surface area contributed by atoms with Gasteiger partial charge in [-0.25, -0.2) is 0 Å². The number of halogens is 1. The summed E-state index contributed by atoms with van der Waals surface area (Å²) in [6.07, 6.45) is 3.24. The van der Waals surface area contributed by atoms with Crippen molar-refractivity contribution in [2.75, 3.05) is 0 Å². The molecule has 20 heavy (non-hydrogen) atoms. The van der Waals surface area contributed by atoms with Crippen LogP contribution in [0.1, 0.15) is 26.3 Å². The number of benzene rings is 1. The second-order valence-electron chi connectivity index (χ2n) is 5.65. The molecule has 4 heteroatoms.